The summed E-state index contributed by atoms with van der Waals surface area (Å²) in [7, 11) is 0. The Hall–Kier alpha value is -0.300. The number of aliphatic hydroxyl groups excluding tert-OH is 1. The number of rotatable bonds is 5. The van der Waals surface area contributed by atoms with Gasteiger partial charge in [0.05, 0.1) is 6.10 Å². The summed E-state index contributed by atoms with van der Waals surface area (Å²) in [5.74, 6) is 5.46. The van der Waals surface area contributed by atoms with Gasteiger partial charge in [-0.25, -0.2) is 0 Å². The minimum absolute atomic E-state index is 0.0559. The van der Waals surface area contributed by atoms with Crippen LogP contribution in [0, 0.1) is 52.3 Å². The molecule has 0 aromatic rings. The average molecular weight is 387 g/mol. The smallest absolute Gasteiger partial charge is 0.0579 e. The molecule has 0 saturated heterocycles. The summed E-state index contributed by atoms with van der Waals surface area (Å²) in [6.45, 7) is 12.3. The molecule has 0 aromatic carbocycles. The Morgan fingerprint density at radius 1 is 0.964 bits per heavy atom. The van der Waals surface area contributed by atoms with E-state index in [-0.39, 0.29) is 6.10 Å². The maximum absolute atomic E-state index is 11.2. The Labute approximate surface area is 174 Å². The first-order valence-electron chi connectivity index (χ1n) is 12.6. The Morgan fingerprint density at radius 3 is 2.50 bits per heavy atom. The number of aliphatic hydroxyl groups is 1. The van der Waals surface area contributed by atoms with E-state index in [4.69, 9.17) is 0 Å². The van der Waals surface area contributed by atoms with E-state index in [0.717, 1.165) is 36.0 Å². The number of hydrogen-bond donors (Lipinski definition) is 1. The fourth-order valence-electron chi connectivity index (χ4n) is 8.95. The van der Waals surface area contributed by atoms with Crippen molar-refractivity contribution in [2.75, 3.05) is 0 Å². The molecule has 4 aliphatic rings. The van der Waals surface area contributed by atoms with Gasteiger partial charge in [0.15, 0.2) is 0 Å². The highest BCUT2D eigenvalue weighted by Gasteiger charge is 2.62. The molecule has 4 rings (SSSR count). The molecule has 0 aromatic heterocycles. The van der Waals surface area contributed by atoms with Gasteiger partial charge in [-0.3, -0.25) is 0 Å². The van der Waals surface area contributed by atoms with Gasteiger partial charge in [-0.1, -0.05) is 66.0 Å². The van der Waals surface area contributed by atoms with Crippen LogP contribution in [0.5, 0.6) is 0 Å². The molecule has 1 heteroatoms. The Morgan fingerprint density at radius 2 is 1.75 bits per heavy atom. The van der Waals surface area contributed by atoms with Gasteiger partial charge in [-0.15, -0.1) is 0 Å². The summed E-state index contributed by atoms with van der Waals surface area (Å²) in [4.78, 5) is 0. The molecule has 1 N–H and O–H groups in total. The van der Waals surface area contributed by atoms with Crippen LogP contribution in [0.25, 0.3) is 0 Å². The van der Waals surface area contributed by atoms with Gasteiger partial charge in [-0.05, 0) is 97.2 Å². The second-order valence-electron chi connectivity index (χ2n) is 12.2. The predicted octanol–water partition coefficient (Wildman–Crippen LogP) is 7.24. The lowest BCUT2D eigenvalue weighted by Crippen LogP contribution is -2.52. The minimum Gasteiger partial charge on any atom is -0.393 e. The van der Waals surface area contributed by atoms with Crippen molar-refractivity contribution in [3.63, 3.8) is 0 Å². The first-order chi connectivity index (χ1) is 13.3. The first kappa shape index (κ1) is 21.0. The summed E-state index contributed by atoms with van der Waals surface area (Å²) in [6.07, 6.45) is 18.2. The molecule has 0 heterocycles. The van der Waals surface area contributed by atoms with Crippen molar-refractivity contribution in [2.24, 2.45) is 52.3 Å². The summed E-state index contributed by atoms with van der Waals surface area (Å²) in [5.41, 5.74) is 0.913. The highest BCUT2D eigenvalue weighted by molar-refractivity contribution is 5.13. The van der Waals surface area contributed by atoms with E-state index in [9.17, 15) is 5.11 Å². The van der Waals surface area contributed by atoms with E-state index >= 15 is 0 Å². The van der Waals surface area contributed by atoms with Crippen LogP contribution in [0.15, 0.2) is 12.2 Å². The van der Waals surface area contributed by atoms with Crippen LogP contribution >= 0.6 is 0 Å². The van der Waals surface area contributed by atoms with Crippen molar-refractivity contribution in [1.82, 2.24) is 0 Å². The lowest BCUT2D eigenvalue weighted by Gasteiger charge is -2.60. The largest absolute Gasteiger partial charge is 0.393 e. The minimum atomic E-state index is -0.0559. The van der Waals surface area contributed by atoms with E-state index < -0.39 is 0 Å². The highest BCUT2D eigenvalue weighted by Crippen LogP contribution is 2.68. The van der Waals surface area contributed by atoms with E-state index in [1.54, 1.807) is 0 Å². The molecule has 3 saturated carbocycles. The lowest BCUT2D eigenvalue weighted by atomic mass is 9.45. The second kappa shape index (κ2) is 7.75. The SMILES string of the molecule is CC(C)CCC[C@@H](C)[C@H]1[C@@H](O)C[C@H]2[C@@H]3CCC4CC=CC[C@]4(C)[C@H]3CC[C@]12C. The Bertz CT molecular complexity index is 579. The molecule has 1 unspecified atom stereocenters. The number of allylic oxidation sites excluding steroid dienone is 2. The molecule has 160 valence electrons. The van der Waals surface area contributed by atoms with Gasteiger partial charge in [0.2, 0.25) is 0 Å². The summed E-state index contributed by atoms with van der Waals surface area (Å²) < 4.78 is 0. The molecule has 0 aliphatic heterocycles. The molecule has 0 bridgehead atoms. The standard InChI is InChI=1S/C27H46O/c1-18(2)9-8-10-19(3)25-24(28)17-23-21-13-12-20-11-6-7-15-26(20,4)22(21)14-16-27(23,25)5/h6-7,18-25,28H,8-17H2,1-5H3/t19-,20?,21-,22+,23+,24+,25+,26+,27+/m1/s1. The third kappa shape index (κ3) is 3.32. The molecule has 0 spiro atoms. The van der Waals surface area contributed by atoms with Crippen molar-refractivity contribution in [3.05, 3.63) is 12.2 Å². The molecule has 28 heavy (non-hydrogen) atoms. The van der Waals surface area contributed by atoms with Crippen LogP contribution in [-0.4, -0.2) is 11.2 Å². The van der Waals surface area contributed by atoms with Crippen LogP contribution in [-0.2, 0) is 0 Å². The number of hydrogen-bond acceptors (Lipinski definition) is 1. The van der Waals surface area contributed by atoms with Gasteiger partial charge < -0.3 is 5.11 Å². The normalized spacial score (nSPS) is 48.8. The Balaban J connectivity index is 1.51. The molecule has 3 fully saturated rings. The van der Waals surface area contributed by atoms with E-state index in [1.165, 1.54) is 57.8 Å². The summed E-state index contributed by atoms with van der Waals surface area (Å²) >= 11 is 0. The second-order valence-corrected chi connectivity index (χ2v) is 12.2. The molecular weight excluding hydrogens is 340 g/mol. The summed E-state index contributed by atoms with van der Waals surface area (Å²) in [6, 6.07) is 0. The van der Waals surface area contributed by atoms with E-state index in [2.05, 4.69) is 46.8 Å². The third-order valence-electron chi connectivity index (χ3n) is 10.4. The van der Waals surface area contributed by atoms with Crippen LogP contribution < -0.4 is 0 Å². The third-order valence-corrected chi connectivity index (χ3v) is 10.4. The zero-order valence-corrected chi connectivity index (χ0v) is 19.3. The van der Waals surface area contributed by atoms with Gasteiger partial charge in [-0.2, -0.15) is 0 Å². The summed E-state index contributed by atoms with van der Waals surface area (Å²) in [5, 5.41) is 11.2. The monoisotopic (exact) mass is 386 g/mol. The van der Waals surface area contributed by atoms with E-state index in [1.807, 2.05) is 0 Å². The average Bonchev–Trinajstić information content (AvgIpc) is 2.91. The van der Waals surface area contributed by atoms with Crippen molar-refractivity contribution in [3.8, 4) is 0 Å². The fraction of sp³-hybridized carbons (Fsp3) is 0.926. The van der Waals surface area contributed by atoms with Gasteiger partial charge >= 0.3 is 0 Å². The molecular formula is C27H46O. The van der Waals surface area contributed by atoms with Crippen LogP contribution in [0.3, 0.4) is 0 Å². The fourth-order valence-corrected chi connectivity index (χ4v) is 8.95. The molecule has 0 amide bonds. The van der Waals surface area contributed by atoms with Gasteiger partial charge in [0, 0.05) is 0 Å². The zero-order valence-electron chi connectivity index (χ0n) is 19.3. The predicted molar refractivity (Wildman–Crippen MR) is 119 cm³/mol. The Kier molecular flexibility index (Phi) is 5.80. The van der Waals surface area contributed by atoms with Crippen molar-refractivity contribution < 1.29 is 5.11 Å². The number of fused-ring (bicyclic) bond motifs is 5. The highest BCUT2D eigenvalue weighted by atomic mass is 16.3. The van der Waals surface area contributed by atoms with Crippen LogP contribution in [0.1, 0.15) is 98.8 Å². The van der Waals surface area contributed by atoms with Crippen LogP contribution in [0.2, 0.25) is 0 Å². The maximum Gasteiger partial charge on any atom is 0.0579 e. The molecule has 9 atom stereocenters. The molecule has 0 radical (unpaired) electrons. The van der Waals surface area contributed by atoms with Crippen molar-refractivity contribution in [1.29, 1.82) is 0 Å². The van der Waals surface area contributed by atoms with Crippen molar-refractivity contribution >= 4 is 0 Å². The maximum atomic E-state index is 11.2. The molecule has 4 aliphatic carbocycles. The quantitative estimate of drug-likeness (QED) is 0.493. The zero-order chi connectivity index (χ0) is 20.1. The van der Waals surface area contributed by atoms with Crippen LogP contribution in [0.4, 0.5) is 0 Å². The van der Waals surface area contributed by atoms with E-state index in [0.29, 0.717) is 22.7 Å². The molecule has 1 nitrogen and oxygen atoms in total. The lowest BCUT2D eigenvalue weighted by molar-refractivity contribution is -0.102. The topological polar surface area (TPSA) is 20.2 Å². The first-order valence-corrected chi connectivity index (χ1v) is 12.6. The van der Waals surface area contributed by atoms with Gasteiger partial charge in [0.1, 0.15) is 0 Å². The van der Waals surface area contributed by atoms with Gasteiger partial charge in [0.25, 0.3) is 0 Å². The van der Waals surface area contributed by atoms with Crippen molar-refractivity contribution in [2.45, 2.75) is 105 Å².